The minimum atomic E-state index is -5.28. The smallest absolute Gasteiger partial charge is 0.377 e. The van der Waals surface area contributed by atoms with Crippen LogP contribution in [-0.4, -0.2) is 22.3 Å². The van der Waals surface area contributed by atoms with E-state index in [1.165, 1.54) is 0 Å². The van der Waals surface area contributed by atoms with Crippen LogP contribution in [0.15, 0.2) is 12.2 Å². The van der Waals surface area contributed by atoms with E-state index in [1.807, 2.05) is 6.92 Å². The highest BCUT2D eigenvalue weighted by atomic mass is 28.5. The fraction of sp³-hybridized carbons (Fsp3) is 0.846. The van der Waals surface area contributed by atoms with E-state index in [0.29, 0.717) is 13.0 Å². The molecular formula is C13H25F3OSi. The van der Waals surface area contributed by atoms with E-state index in [1.54, 1.807) is 0 Å². The molecule has 0 unspecified atom stereocenters. The van der Waals surface area contributed by atoms with E-state index in [9.17, 15) is 12.3 Å². The van der Waals surface area contributed by atoms with Gasteiger partial charge in [0.2, 0.25) is 0 Å². The molecule has 0 radical (unpaired) electrons. The van der Waals surface area contributed by atoms with Gasteiger partial charge in [0.25, 0.3) is 0 Å². The number of rotatable bonds is 12. The van der Waals surface area contributed by atoms with Gasteiger partial charge in [0.15, 0.2) is 0 Å². The van der Waals surface area contributed by atoms with Gasteiger partial charge in [0.1, 0.15) is 0 Å². The molecule has 0 spiro atoms. The van der Waals surface area contributed by atoms with Gasteiger partial charge in [-0.05, 0) is 19.8 Å². The lowest BCUT2D eigenvalue weighted by atomic mass is 10.1. The van der Waals surface area contributed by atoms with Crippen molar-refractivity contribution in [1.82, 2.24) is 0 Å². The summed E-state index contributed by atoms with van der Waals surface area (Å²) in [4.78, 5) is 0. The van der Waals surface area contributed by atoms with E-state index >= 15 is 0 Å². The van der Waals surface area contributed by atoms with Crippen LogP contribution in [0.4, 0.5) is 12.3 Å². The van der Waals surface area contributed by atoms with Crippen molar-refractivity contribution in [3.63, 3.8) is 0 Å². The summed E-state index contributed by atoms with van der Waals surface area (Å²) in [5.41, 5.74) is 1.03. The molecule has 0 aliphatic heterocycles. The lowest BCUT2D eigenvalue weighted by Crippen LogP contribution is -2.13. The van der Waals surface area contributed by atoms with Crippen molar-refractivity contribution in [2.24, 2.45) is 0 Å². The Bertz CT molecular complexity index is 217. The first-order valence-corrected chi connectivity index (χ1v) is 8.55. The van der Waals surface area contributed by atoms with E-state index in [-0.39, 0.29) is 0 Å². The van der Waals surface area contributed by atoms with Crippen LogP contribution >= 0.6 is 0 Å². The highest BCUT2D eigenvalue weighted by molar-refractivity contribution is 6.58. The fourth-order valence-electron chi connectivity index (χ4n) is 1.66. The maximum atomic E-state index is 12.0. The van der Waals surface area contributed by atoms with E-state index in [0.717, 1.165) is 50.7 Å². The number of unbranched alkanes of at least 4 members (excludes halogenated alkanes) is 6. The van der Waals surface area contributed by atoms with Crippen LogP contribution in [0.3, 0.4) is 0 Å². The molecule has 0 N–H and O–H groups in total. The van der Waals surface area contributed by atoms with Gasteiger partial charge in [-0.1, -0.05) is 44.3 Å². The van der Waals surface area contributed by atoms with Crippen molar-refractivity contribution in [3.05, 3.63) is 12.2 Å². The Morgan fingerprint density at radius 1 is 0.944 bits per heavy atom. The lowest BCUT2D eigenvalue weighted by molar-refractivity contribution is 0.151. The molecular weight excluding hydrogens is 257 g/mol. The van der Waals surface area contributed by atoms with E-state index in [4.69, 9.17) is 4.74 Å². The van der Waals surface area contributed by atoms with Crippen LogP contribution in [0.5, 0.6) is 0 Å². The van der Waals surface area contributed by atoms with Gasteiger partial charge < -0.3 is 4.74 Å². The molecule has 1 nitrogen and oxygen atoms in total. The summed E-state index contributed by atoms with van der Waals surface area (Å²) < 4.78 is 41.3. The zero-order valence-corrected chi connectivity index (χ0v) is 12.3. The molecule has 108 valence electrons. The Morgan fingerprint density at radius 3 is 1.94 bits per heavy atom. The summed E-state index contributed by atoms with van der Waals surface area (Å²) in [6.07, 6.45) is 6.25. The highest BCUT2D eigenvalue weighted by Gasteiger charge is 2.35. The molecule has 0 aromatic heterocycles. The molecule has 0 rings (SSSR count). The second-order valence-electron chi connectivity index (χ2n) is 4.85. The summed E-state index contributed by atoms with van der Waals surface area (Å²) in [6.45, 7) is 7.06. The van der Waals surface area contributed by atoms with Gasteiger partial charge in [0.05, 0.1) is 6.61 Å². The minimum Gasteiger partial charge on any atom is -0.377 e. The number of hydrogen-bond acceptors (Lipinski definition) is 1. The lowest BCUT2D eigenvalue weighted by Gasteiger charge is -2.04. The minimum absolute atomic E-state index is 0.331. The first kappa shape index (κ1) is 17.7. The molecule has 18 heavy (non-hydrogen) atoms. The molecule has 0 aromatic rings. The molecule has 0 amide bonds. The predicted molar refractivity (Wildman–Crippen MR) is 71.8 cm³/mol. The third kappa shape index (κ3) is 15.7. The van der Waals surface area contributed by atoms with Crippen LogP contribution in [-0.2, 0) is 4.74 Å². The predicted octanol–water partition coefficient (Wildman–Crippen LogP) is 5.16. The molecule has 0 aromatic carbocycles. The summed E-state index contributed by atoms with van der Waals surface area (Å²) in [5, 5.41) is 0. The zero-order chi connectivity index (χ0) is 13.9. The van der Waals surface area contributed by atoms with Gasteiger partial charge >= 0.3 is 9.08 Å². The molecule has 0 fully saturated rings. The first-order chi connectivity index (χ1) is 8.42. The fourth-order valence-corrected chi connectivity index (χ4v) is 2.31. The monoisotopic (exact) mass is 282 g/mol. The second-order valence-corrected chi connectivity index (χ2v) is 6.58. The second kappa shape index (κ2) is 10.6. The van der Waals surface area contributed by atoms with Crippen LogP contribution in [0, 0.1) is 0 Å². The summed E-state index contributed by atoms with van der Waals surface area (Å²) in [5.74, 6) is 0. The van der Waals surface area contributed by atoms with Crippen LogP contribution in [0.2, 0.25) is 6.04 Å². The van der Waals surface area contributed by atoms with Gasteiger partial charge in [0, 0.05) is 12.7 Å². The number of ether oxygens (including phenoxy) is 1. The quantitative estimate of drug-likeness (QED) is 0.208. The zero-order valence-electron chi connectivity index (χ0n) is 11.3. The van der Waals surface area contributed by atoms with Crippen molar-refractivity contribution in [2.75, 3.05) is 13.2 Å². The van der Waals surface area contributed by atoms with Gasteiger partial charge in [-0.25, -0.2) is 12.3 Å². The largest absolute Gasteiger partial charge is 0.616 e. The van der Waals surface area contributed by atoms with Crippen LogP contribution in [0.25, 0.3) is 0 Å². The number of hydrogen-bond donors (Lipinski definition) is 0. The first-order valence-electron chi connectivity index (χ1n) is 6.70. The topological polar surface area (TPSA) is 9.23 Å². The van der Waals surface area contributed by atoms with Crippen molar-refractivity contribution in [3.8, 4) is 0 Å². The molecule has 0 atom stereocenters. The van der Waals surface area contributed by atoms with E-state index in [2.05, 4.69) is 6.58 Å². The molecule has 5 heteroatoms. The molecule has 0 saturated heterocycles. The maximum Gasteiger partial charge on any atom is 0.616 e. The van der Waals surface area contributed by atoms with Gasteiger partial charge in [-0.15, -0.1) is 0 Å². The Balaban J connectivity index is 3.06. The maximum absolute atomic E-state index is 12.0. The standard InChI is InChI=1S/C13H25F3OSi/c1-13(2)12-17-10-8-6-4-3-5-7-9-11-18(14,15)16/h1,3-12H2,2H3. The average molecular weight is 282 g/mol. The SMILES string of the molecule is C=C(C)COCCCCCCCCC[Si](F)(F)F. The third-order valence-corrected chi connectivity index (χ3v) is 3.52. The summed E-state index contributed by atoms with van der Waals surface area (Å²) in [6, 6.07) is -0.498. The van der Waals surface area contributed by atoms with Gasteiger partial charge in [-0.2, -0.15) is 0 Å². The number of halogens is 3. The average Bonchev–Trinajstić information content (AvgIpc) is 2.24. The Labute approximate surface area is 110 Å². The van der Waals surface area contributed by atoms with E-state index < -0.39 is 15.1 Å². The highest BCUT2D eigenvalue weighted by Crippen LogP contribution is 2.19. The molecule has 0 bridgehead atoms. The van der Waals surface area contributed by atoms with Gasteiger partial charge in [-0.3, -0.25) is 0 Å². The van der Waals surface area contributed by atoms with Crippen LogP contribution < -0.4 is 0 Å². The van der Waals surface area contributed by atoms with Crippen molar-refractivity contribution in [1.29, 1.82) is 0 Å². The van der Waals surface area contributed by atoms with Crippen LogP contribution in [0.1, 0.15) is 51.9 Å². The third-order valence-electron chi connectivity index (χ3n) is 2.60. The van der Waals surface area contributed by atoms with Crippen molar-refractivity contribution < 1.29 is 17.1 Å². The van der Waals surface area contributed by atoms with Crippen molar-refractivity contribution in [2.45, 2.75) is 57.9 Å². The molecule has 0 aliphatic rings. The molecule has 0 aliphatic carbocycles. The Kier molecular flexibility index (Phi) is 10.4. The summed E-state index contributed by atoms with van der Waals surface area (Å²) >= 11 is 0. The molecule has 0 saturated carbocycles. The molecule has 0 heterocycles. The Hall–Kier alpha value is -0.293. The Morgan fingerprint density at radius 2 is 1.44 bits per heavy atom. The normalized spacial score (nSPS) is 11.8. The van der Waals surface area contributed by atoms with Crippen molar-refractivity contribution >= 4 is 9.08 Å². The summed E-state index contributed by atoms with van der Waals surface area (Å²) in [7, 11) is -5.28.